The molecule has 1 atom stereocenters. The van der Waals surface area contributed by atoms with Gasteiger partial charge in [-0.1, -0.05) is 0 Å². The molecule has 0 unspecified atom stereocenters. The van der Waals surface area contributed by atoms with Gasteiger partial charge in [-0.05, 0) is 63.2 Å². The van der Waals surface area contributed by atoms with Gasteiger partial charge >= 0.3 is 6.18 Å². The Morgan fingerprint density at radius 1 is 1.13 bits per heavy atom. The molecule has 0 radical (unpaired) electrons. The second kappa shape index (κ2) is 6.30. The van der Waals surface area contributed by atoms with E-state index in [1.165, 1.54) is 38.5 Å². The summed E-state index contributed by atoms with van der Waals surface area (Å²) in [5, 5.41) is 12.1. The number of amides is 1. The van der Waals surface area contributed by atoms with E-state index in [0.29, 0.717) is 0 Å². The van der Waals surface area contributed by atoms with Crippen molar-refractivity contribution < 1.29 is 33.6 Å². The third-order valence-electron chi connectivity index (χ3n) is 5.11. The lowest BCUT2D eigenvalue weighted by Gasteiger charge is -2.56. The number of carbonyl (C=O) groups is 2. The Morgan fingerprint density at radius 2 is 1.48 bits per heavy atom. The van der Waals surface area contributed by atoms with Gasteiger partial charge in [-0.25, -0.2) is 0 Å². The molecule has 0 aromatic rings. The highest BCUT2D eigenvalue weighted by atomic mass is 19.4. The molecule has 132 valence electrons. The molecular weight excluding hydrogens is 313 g/mol. The molecule has 0 aliphatic heterocycles. The summed E-state index contributed by atoms with van der Waals surface area (Å²) in [6.45, 7) is 1.88. The van der Waals surface area contributed by atoms with Gasteiger partial charge in [0.25, 0.3) is 5.91 Å². The van der Waals surface area contributed by atoms with Crippen molar-refractivity contribution in [2.45, 2.75) is 63.2 Å². The van der Waals surface area contributed by atoms with Crippen molar-refractivity contribution in [2.75, 3.05) is 0 Å². The molecule has 0 aromatic carbocycles. The molecule has 5 nitrogen and oxygen atoms in total. The lowest BCUT2D eigenvalue weighted by atomic mass is 9.53. The zero-order valence-corrected chi connectivity index (χ0v) is 13.1. The van der Waals surface area contributed by atoms with Crippen LogP contribution in [-0.2, 0) is 9.59 Å². The van der Waals surface area contributed by atoms with Crippen LogP contribution in [0, 0.1) is 17.8 Å². The molecule has 0 spiro atoms. The van der Waals surface area contributed by atoms with E-state index in [2.05, 4.69) is 11.1 Å². The maximum absolute atomic E-state index is 11.9. The number of carboxylic acid groups (broad SMARTS) is 1. The summed E-state index contributed by atoms with van der Waals surface area (Å²) in [7, 11) is 0. The number of quaternary nitrogens is 1. The molecule has 4 aliphatic carbocycles. The van der Waals surface area contributed by atoms with Gasteiger partial charge in [-0.15, -0.1) is 0 Å². The Balaban J connectivity index is 0.000000236. The molecule has 8 heteroatoms. The van der Waals surface area contributed by atoms with E-state index < -0.39 is 12.1 Å². The average molecular weight is 336 g/mol. The summed E-state index contributed by atoms with van der Waals surface area (Å²) in [6, 6.07) is -0.118. The molecule has 1 amide bonds. The van der Waals surface area contributed by atoms with E-state index in [9.17, 15) is 18.0 Å². The number of carbonyl (C=O) groups excluding carboxylic acids is 2. The van der Waals surface area contributed by atoms with Crippen LogP contribution in [0.25, 0.3) is 0 Å². The van der Waals surface area contributed by atoms with E-state index in [-0.39, 0.29) is 17.5 Å². The zero-order chi connectivity index (χ0) is 17.4. The molecular formula is C15H23F3N2O3. The number of aliphatic carboxylic acids is 1. The number of carboxylic acids is 1. The van der Waals surface area contributed by atoms with Crippen LogP contribution in [0.4, 0.5) is 13.2 Å². The Kier molecular flexibility index (Phi) is 4.94. The predicted molar refractivity (Wildman–Crippen MR) is 72.5 cm³/mol. The minimum atomic E-state index is -5.19. The normalized spacial score (nSPS) is 36.0. The van der Waals surface area contributed by atoms with Crippen molar-refractivity contribution in [1.29, 1.82) is 0 Å². The van der Waals surface area contributed by atoms with E-state index in [4.69, 9.17) is 9.90 Å². The van der Waals surface area contributed by atoms with Crippen LogP contribution in [-0.4, -0.2) is 29.6 Å². The zero-order valence-electron chi connectivity index (χ0n) is 13.1. The molecule has 4 rings (SSSR count). The molecule has 4 N–H and O–H groups in total. The number of rotatable bonds is 2. The minimum Gasteiger partial charge on any atom is -0.542 e. The Hall–Kier alpha value is -1.31. The Bertz CT molecular complexity index is 442. The third-order valence-corrected chi connectivity index (χ3v) is 5.11. The molecule has 4 bridgehead atoms. The predicted octanol–water partition coefficient (Wildman–Crippen LogP) is 0.000400. The maximum Gasteiger partial charge on any atom is 0.430 e. The largest absolute Gasteiger partial charge is 0.542 e. The summed E-state index contributed by atoms with van der Waals surface area (Å²) in [6.07, 6.45) is 2.78. The van der Waals surface area contributed by atoms with Gasteiger partial charge in [-0.2, -0.15) is 13.2 Å². The highest BCUT2D eigenvalue weighted by Gasteiger charge is 2.51. The second-order valence-corrected chi connectivity index (χ2v) is 7.37. The van der Waals surface area contributed by atoms with Crippen molar-refractivity contribution in [1.82, 2.24) is 5.32 Å². The first-order valence-electron chi connectivity index (χ1n) is 7.94. The summed E-state index contributed by atoms with van der Waals surface area (Å²) < 4.78 is 31.5. The van der Waals surface area contributed by atoms with Gasteiger partial charge in [0.2, 0.25) is 0 Å². The number of hydrogen-bond acceptors (Lipinski definition) is 3. The lowest BCUT2D eigenvalue weighted by Crippen LogP contribution is -2.70. The van der Waals surface area contributed by atoms with Crippen LogP contribution in [0.1, 0.15) is 45.4 Å². The summed E-state index contributed by atoms with van der Waals surface area (Å²) in [5.74, 6) is -0.167. The first kappa shape index (κ1) is 18.0. The monoisotopic (exact) mass is 336 g/mol. The smallest absolute Gasteiger partial charge is 0.430 e. The molecule has 4 aliphatic rings. The van der Waals surface area contributed by atoms with Crippen LogP contribution in [0.3, 0.4) is 0 Å². The highest BCUT2D eigenvalue weighted by Crippen LogP contribution is 2.55. The van der Waals surface area contributed by atoms with Gasteiger partial charge in [0.15, 0.2) is 6.04 Å². The summed E-state index contributed by atoms with van der Waals surface area (Å²) >= 11 is 0. The van der Waals surface area contributed by atoms with Crippen molar-refractivity contribution in [3.8, 4) is 0 Å². The van der Waals surface area contributed by atoms with E-state index in [1.54, 1.807) is 0 Å². The molecule has 4 saturated carbocycles. The summed E-state index contributed by atoms with van der Waals surface area (Å²) in [4.78, 5) is 20.6. The first-order chi connectivity index (χ1) is 10.5. The first-order valence-corrected chi connectivity index (χ1v) is 7.94. The molecule has 4 fully saturated rings. The lowest BCUT2D eigenvalue weighted by molar-refractivity contribution is -0.398. The van der Waals surface area contributed by atoms with Crippen molar-refractivity contribution >= 4 is 11.9 Å². The fraction of sp³-hybridized carbons (Fsp3) is 0.867. The van der Waals surface area contributed by atoms with Gasteiger partial charge in [0.05, 0.1) is 0 Å². The topological polar surface area (TPSA) is 96.9 Å². The van der Waals surface area contributed by atoms with E-state index in [1.807, 2.05) is 6.92 Å². The van der Waals surface area contributed by atoms with Crippen LogP contribution in [0.15, 0.2) is 0 Å². The van der Waals surface area contributed by atoms with Crippen LogP contribution in [0.2, 0.25) is 0 Å². The SMILES string of the molecule is C[C@H]([NH3+])C(=O)NC12CC3CC(CC(C3)C1)C2.O=C([O-])C(F)(F)F. The highest BCUT2D eigenvalue weighted by molar-refractivity contribution is 5.80. The van der Waals surface area contributed by atoms with Gasteiger partial charge < -0.3 is 21.0 Å². The standard InChI is InChI=1S/C13H22N2O.C2HF3O2/c1-8(14)12(16)15-13-5-9-2-10(6-13)4-11(3-9)7-13;3-2(4,5)1(6)7/h8-11H,2-7,14H2,1H3,(H,15,16);(H,6,7)/t8-,9?,10?,11?,13?;/m0./s1. The number of alkyl halides is 3. The fourth-order valence-corrected chi connectivity index (χ4v) is 4.65. The van der Waals surface area contributed by atoms with E-state index in [0.717, 1.165) is 17.8 Å². The molecule has 0 heterocycles. The van der Waals surface area contributed by atoms with Crippen molar-refractivity contribution in [3.63, 3.8) is 0 Å². The average Bonchev–Trinajstić information content (AvgIpc) is 2.35. The van der Waals surface area contributed by atoms with Crippen LogP contribution >= 0.6 is 0 Å². The van der Waals surface area contributed by atoms with Crippen LogP contribution < -0.4 is 16.2 Å². The Labute approximate surface area is 132 Å². The molecule has 0 aromatic heterocycles. The van der Waals surface area contributed by atoms with Crippen molar-refractivity contribution in [2.24, 2.45) is 17.8 Å². The quantitative estimate of drug-likeness (QED) is 0.743. The molecule has 23 heavy (non-hydrogen) atoms. The number of halogens is 3. The Morgan fingerprint density at radius 3 is 1.74 bits per heavy atom. The number of nitrogens with one attached hydrogen (secondary N) is 1. The minimum absolute atomic E-state index is 0.118. The second-order valence-electron chi connectivity index (χ2n) is 7.37. The van der Waals surface area contributed by atoms with Gasteiger partial charge in [-0.3, -0.25) is 4.79 Å². The third kappa shape index (κ3) is 4.37. The van der Waals surface area contributed by atoms with E-state index >= 15 is 0 Å². The van der Waals surface area contributed by atoms with Gasteiger partial charge in [0.1, 0.15) is 5.97 Å². The molecule has 0 saturated heterocycles. The van der Waals surface area contributed by atoms with Crippen LogP contribution in [0.5, 0.6) is 0 Å². The maximum atomic E-state index is 11.9. The van der Waals surface area contributed by atoms with Crippen molar-refractivity contribution in [3.05, 3.63) is 0 Å². The summed E-state index contributed by atoms with van der Waals surface area (Å²) in [5.41, 5.74) is 3.99. The van der Waals surface area contributed by atoms with Gasteiger partial charge in [0, 0.05) is 5.54 Å². The number of hydrogen-bond donors (Lipinski definition) is 2. The fourth-order valence-electron chi connectivity index (χ4n) is 4.65.